The Hall–Kier alpha value is -2.49. The van der Waals surface area contributed by atoms with E-state index < -0.39 is 0 Å². The number of pyridine rings is 1. The van der Waals surface area contributed by atoms with E-state index in [0.29, 0.717) is 18.4 Å². The smallest absolute Gasteiger partial charge is 0.253 e. The summed E-state index contributed by atoms with van der Waals surface area (Å²) in [6.07, 6.45) is 8.58. The van der Waals surface area contributed by atoms with Gasteiger partial charge in [-0.3, -0.25) is 14.6 Å². The van der Waals surface area contributed by atoms with Gasteiger partial charge >= 0.3 is 0 Å². The number of carbonyl (C=O) groups is 2. The molecule has 1 aromatic heterocycles. The normalized spacial score (nSPS) is 14.3. The van der Waals surface area contributed by atoms with Gasteiger partial charge in [0.2, 0.25) is 0 Å². The predicted molar refractivity (Wildman–Crippen MR) is 97.5 cm³/mol. The highest BCUT2D eigenvalue weighted by Crippen LogP contribution is 2.14. The van der Waals surface area contributed by atoms with Crippen molar-refractivity contribution in [3.05, 3.63) is 65.5 Å². The molecule has 1 aliphatic heterocycles. The van der Waals surface area contributed by atoms with Crippen LogP contribution in [0.5, 0.6) is 0 Å². The average Bonchev–Trinajstić information content (AvgIpc) is 2.68. The number of rotatable bonds is 6. The van der Waals surface area contributed by atoms with Crippen LogP contribution in [0.4, 0.5) is 0 Å². The molecule has 0 aliphatic carbocycles. The van der Waals surface area contributed by atoms with Gasteiger partial charge in [-0.2, -0.15) is 0 Å². The van der Waals surface area contributed by atoms with Crippen LogP contribution in [0.25, 0.3) is 0 Å². The Morgan fingerprint density at radius 3 is 2.40 bits per heavy atom. The van der Waals surface area contributed by atoms with Gasteiger partial charge in [-0.15, -0.1) is 0 Å². The van der Waals surface area contributed by atoms with Crippen molar-refractivity contribution in [3.63, 3.8) is 0 Å². The van der Waals surface area contributed by atoms with Crippen molar-refractivity contribution in [1.82, 2.24) is 9.88 Å². The highest BCUT2D eigenvalue weighted by Gasteiger charge is 2.18. The number of hydrogen-bond acceptors (Lipinski definition) is 3. The van der Waals surface area contributed by atoms with Crippen LogP contribution in [-0.2, 0) is 17.6 Å². The molecule has 3 rings (SSSR count). The number of aryl methyl sites for hydroxylation is 1. The van der Waals surface area contributed by atoms with Gasteiger partial charge in [-0.1, -0.05) is 18.2 Å². The maximum atomic E-state index is 12.4. The fourth-order valence-corrected chi connectivity index (χ4v) is 3.19. The maximum Gasteiger partial charge on any atom is 0.253 e. The van der Waals surface area contributed by atoms with Crippen molar-refractivity contribution < 1.29 is 9.59 Å². The Kier molecular flexibility index (Phi) is 5.94. The fourth-order valence-electron chi connectivity index (χ4n) is 3.19. The van der Waals surface area contributed by atoms with Gasteiger partial charge in [0.1, 0.15) is 5.78 Å². The molecule has 0 atom stereocenters. The number of benzene rings is 1. The van der Waals surface area contributed by atoms with Gasteiger partial charge < -0.3 is 4.90 Å². The second kappa shape index (κ2) is 8.56. The number of aromatic nitrogens is 1. The summed E-state index contributed by atoms with van der Waals surface area (Å²) in [4.78, 5) is 30.6. The molecule has 4 nitrogen and oxygen atoms in total. The van der Waals surface area contributed by atoms with Crippen LogP contribution in [0, 0.1) is 0 Å². The molecule has 0 bridgehead atoms. The number of hydrogen-bond donors (Lipinski definition) is 0. The highest BCUT2D eigenvalue weighted by atomic mass is 16.2. The monoisotopic (exact) mass is 336 g/mol. The number of amides is 1. The number of nitrogens with zero attached hydrogens (tertiary/aromatic N) is 2. The number of carbonyl (C=O) groups excluding carboxylic acids is 2. The van der Waals surface area contributed by atoms with E-state index in [-0.39, 0.29) is 11.7 Å². The largest absolute Gasteiger partial charge is 0.339 e. The van der Waals surface area contributed by atoms with Gasteiger partial charge in [-0.05, 0) is 55.0 Å². The number of ketones is 1. The Labute approximate surface area is 148 Å². The Morgan fingerprint density at radius 2 is 1.72 bits per heavy atom. The molecule has 1 amide bonds. The van der Waals surface area contributed by atoms with Crippen molar-refractivity contribution in [2.45, 2.75) is 38.5 Å². The molecule has 130 valence electrons. The summed E-state index contributed by atoms with van der Waals surface area (Å²) in [5.41, 5.74) is 2.76. The third kappa shape index (κ3) is 4.99. The lowest BCUT2D eigenvalue weighted by Gasteiger charge is -2.26. The van der Waals surface area contributed by atoms with Crippen LogP contribution < -0.4 is 0 Å². The molecule has 0 N–H and O–H groups in total. The third-order valence-corrected chi connectivity index (χ3v) is 4.66. The van der Waals surface area contributed by atoms with Crippen LogP contribution in [-0.4, -0.2) is 34.7 Å². The van der Waals surface area contributed by atoms with Gasteiger partial charge in [0.15, 0.2) is 0 Å². The first-order valence-electron chi connectivity index (χ1n) is 9.01. The van der Waals surface area contributed by atoms with Crippen LogP contribution in [0.1, 0.15) is 47.2 Å². The summed E-state index contributed by atoms with van der Waals surface area (Å²) in [7, 11) is 0. The van der Waals surface area contributed by atoms with Crippen molar-refractivity contribution in [2.75, 3.05) is 13.1 Å². The molecule has 0 saturated carbocycles. The minimum Gasteiger partial charge on any atom is -0.339 e. The van der Waals surface area contributed by atoms with E-state index >= 15 is 0 Å². The van der Waals surface area contributed by atoms with Crippen LogP contribution in [0.3, 0.4) is 0 Å². The molecule has 1 fully saturated rings. The van der Waals surface area contributed by atoms with Gasteiger partial charge in [-0.25, -0.2) is 0 Å². The molecular weight excluding hydrogens is 312 g/mol. The molecule has 2 heterocycles. The summed E-state index contributed by atoms with van der Waals surface area (Å²) < 4.78 is 0. The van der Waals surface area contributed by atoms with Gasteiger partial charge in [0, 0.05) is 43.9 Å². The molecule has 2 aromatic rings. The first-order chi connectivity index (χ1) is 12.2. The summed E-state index contributed by atoms with van der Waals surface area (Å²) in [6.45, 7) is 1.71. The topological polar surface area (TPSA) is 50.3 Å². The van der Waals surface area contributed by atoms with E-state index in [2.05, 4.69) is 4.98 Å². The van der Waals surface area contributed by atoms with Crippen LogP contribution in [0.2, 0.25) is 0 Å². The number of piperidine rings is 1. The molecule has 1 aliphatic rings. The molecule has 0 spiro atoms. The zero-order valence-electron chi connectivity index (χ0n) is 14.5. The minimum atomic E-state index is 0.106. The van der Waals surface area contributed by atoms with E-state index in [1.54, 1.807) is 12.4 Å². The van der Waals surface area contributed by atoms with E-state index in [1.807, 2.05) is 41.3 Å². The van der Waals surface area contributed by atoms with Crippen LogP contribution in [0.15, 0.2) is 48.8 Å². The lowest BCUT2D eigenvalue weighted by atomic mass is 10.0. The van der Waals surface area contributed by atoms with E-state index in [0.717, 1.165) is 43.5 Å². The summed E-state index contributed by atoms with van der Waals surface area (Å²) in [5, 5.41) is 0. The number of Topliss-reactive ketones (excluding diaryl/α,β-unsaturated/α-hetero) is 1. The predicted octanol–water partition coefficient (Wildman–Crippen LogP) is 3.45. The summed E-state index contributed by atoms with van der Waals surface area (Å²) in [5.74, 6) is 0.313. The molecule has 1 aromatic carbocycles. The molecule has 25 heavy (non-hydrogen) atoms. The molecule has 1 saturated heterocycles. The van der Waals surface area contributed by atoms with E-state index in [1.165, 1.54) is 6.42 Å². The minimum absolute atomic E-state index is 0.106. The Balaban J connectivity index is 1.51. The van der Waals surface area contributed by atoms with Crippen molar-refractivity contribution in [3.8, 4) is 0 Å². The number of likely N-dealkylation sites (tertiary alicyclic amines) is 1. The average molecular weight is 336 g/mol. The Morgan fingerprint density at radius 1 is 0.960 bits per heavy atom. The van der Waals surface area contributed by atoms with Crippen molar-refractivity contribution in [1.29, 1.82) is 0 Å². The standard InChI is InChI=1S/C21H24N2O2/c24-20(11-8-18-5-4-12-22-16-18)15-17-6-9-19(10-7-17)21(25)23-13-2-1-3-14-23/h4-7,9-10,12,16H,1-3,8,11,13-15H2. The highest BCUT2D eigenvalue weighted by molar-refractivity contribution is 5.94. The van der Waals surface area contributed by atoms with E-state index in [9.17, 15) is 9.59 Å². The first kappa shape index (κ1) is 17.3. The first-order valence-corrected chi connectivity index (χ1v) is 9.01. The maximum absolute atomic E-state index is 12.4. The lowest BCUT2D eigenvalue weighted by Crippen LogP contribution is -2.35. The van der Waals surface area contributed by atoms with Gasteiger partial charge in [0.05, 0.1) is 0 Å². The molecule has 4 heteroatoms. The second-order valence-corrected chi connectivity index (χ2v) is 6.63. The third-order valence-electron chi connectivity index (χ3n) is 4.66. The van der Waals surface area contributed by atoms with Gasteiger partial charge in [0.25, 0.3) is 5.91 Å². The zero-order chi connectivity index (χ0) is 17.5. The molecule has 0 radical (unpaired) electrons. The lowest BCUT2D eigenvalue weighted by molar-refractivity contribution is -0.118. The SMILES string of the molecule is O=C(CCc1cccnc1)Cc1ccc(C(=O)N2CCCCC2)cc1. The van der Waals surface area contributed by atoms with Crippen molar-refractivity contribution in [2.24, 2.45) is 0 Å². The molecule has 0 unspecified atom stereocenters. The van der Waals surface area contributed by atoms with Crippen molar-refractivity contribution >= 4 is 11.7 Å². The zero-order valence-corrected chi connectivity index (χ0v) is 14.5. The second-order valence-electron chi connectivity index (χ2n) is 6.63. The quantitative estimate of drug-likeness (QED) is 0.812. The van der Waals surface area contributed by atoms with E-state index in [4.69, 9.17) is 0 Å². The summed E-state index contributed by atoms with van der Waals surface area (Å²) in [6, 6.07) is 11.4. The van der Waals surface area contributed by atoms with Crippen LogP contribution >= 0.6 is 0 Å². The fraction of sp³-hybridized carbons (Fsp3) is 0.381. The summed E-state index contributed by atoms with van der Waals surface area (Å²) >= 11 is 0. The molecular formula is C21H24N2O2. The Bertz CT molecular complexity index is 704.